The Bertz CT molecular complexity index is 1400. The molecule has 324 valence electrons. The molecule has 2 aliphatic heterocycles. The van der Waals surface area contributed by atoms with Crippen LogP contribution in [-0.2, 0) is 18.9 Å². The van der Waals surface area contributed by atoms with Gasteiger partial charge in [0.25, 0.3) is 0 Å². The minimum absolute atomic E-state index is 0.00996. The quantitative estimate of drug-likeness (QED) is 0.110. The number of aliphatic hydroxyl groups excluding tert-OH is 9. The average molecular weight is 801 g/mol. The van der Waals surface area contributed by atoms with E-state index in [1.54, 1.807) is 0 Å². The van der Waals surface area contributed by atoms with Crippen LogP contribution in [0.5, 0.6) is 0 Å². The van der Waals surface area contributed by atoms with Crippen LogP contribution in [0.15, 0.2) is 11.6 Å². The normalized spacial score (nSPS) is 52.6. The summed E-state index contributed by atoms with van der Waals surface area (Å²) in [6.07, 6.45) is -10.5. The summed E-state index contributed by atoms with van der Waals surface area (Å²) in [5.74, 6) is -0.0322. The molecule has 2 heterocycles. The molecular formula is C42H72O14. The number of aliphatic hydroxyl groups is 10. The number of rotatable bonds is 10. The monoisotopic (exact) mass is 800 g/mol. The molecule has 0 aromatic heterocycles. The molecule has 0 aromatic rings. The third-order valence-electron chi connectivity index (χ3n) is 16.5. The van der Waals surface area contributed by atoms with E-state index in [9.17, 15) is 51.1 Å². The molecule has 14 heteroatoms. The summed E-state index contributed by atoms with van der Waals surface area (Å²) in [5.41, 5.74) is -1.25. The van der Waals surface area contributed by atoms with Gasteiger partial charge in [0.2, 0.25) is 0 Å². The summed E-state index contributed by atoms with van der Waals surface area (Å²) in [6.45, 7) is 15.7. The number of hydrogen-bond acceptors (Lipinski definition) is 14. The van der Waals surface area contributed by atoms with E-state index in [-0.39, 0.29) is 34.5 Å². The highest BCUT2D eigenvalue weighted by Gasteiger charge is 2.72. The minimum atomic E-state index is -1.81. The maximum Gasteiger partial charge on any atom is 0.187 e. The summed E-state index contributed by atoms with van der Waals surface area (Å²) >= 11 is 0. The van der Waals surface area contributed by atoms with E-state index in [0.717, 1.165) is 32.1 Å². The van der Waals surface area contributed by atoms with Crippen LogP contribution in [0.1, 0.15) is 107 Å². The van der Waals surface area contributed by atoms with Crippen molar-refractivity contribution in [3.8, 4) is 0 Å². The Labute approximate surface area is 331 Å². The van der Waals surface area contributed by atoms with Crippen molar-refractivity contribution in [1.82, 2.24) is 0 Å². The molecule has 6 fully saturated rings. The second-order valence-electron chi connectivity index (χ2n) is 20.3. The molecule has 56 heavy (non-hydrogen) atoms. The standard InChI is InChI=1S/C42H72O14/c1-20(2)10-9-13-42(8,52)21-11-14-41(7)28(21)22(45)16-27-39(5)17-23(46)35(38(3,4)26(39)12-15-40(27,41)6)56-37-34(32(50)30(48)25(19-44)54-37)55-36-33(51)31(49)29(47)24(18-43)53-36/h10,21-37,43-52H,9,11-19H2,1-8H3/t21-,22-,23+,24+,25+,26-,27+,28+,29-,30+,31+,32-,33-,34-,35-,36+,37-,39+,40+,41+,42+/m1/s1. The van der Waals surface area contributed by atoms with Gasteiger partial charge < -0.3 is 70.0 Å². The number of allylic oxidation sites excluding steroid dienone is 2. The van der Waals surface area contributed by atoms with Crippen molar-refractivity contribution in [2.45, 2.75) is 192 Å². The molecule has 6 rings (SSSR count). The molecule has 0 radical (unpaired) electrons. The lowest BCUT2D eigenvalue weighted by Crippen LogP contribution is -2.70. The van der Waals surface area contributed by atoms with Crippen LogP contribution in [0.25, 0.3) is 0 Å². The van der Waals surface area contributed by atoms with E-state index < -0.39 is 109 Å². The molecule has 0 spiro atoms. The van der Waals surface area contributed by atoms with Gasteiger partial charge in [-0.1, -0.05) is 46.3 Å². The first-order chi connectivity index (χ1) is 26.0. The molecule has 10 N–H and O–H groups in total. The van der Waals surface area contributed by atoms with Gasteiger partial charge in [-0.25, -0.2) is 0 Å². The molecule has 14 nitrogen and oxygen atoms in total. The molecule has 0 aromatic carbocycles. The molecule has 4 saturated carbocycles. The van der Waals surface area contributed by atoms with Gasteiger partial charge in [0.1, 0.15) is 48.8 Å². The van der Waals surface area contributed by atoms with Crippen LogP contribution in [0.3, 0.4) is 0 Å². The van der Waals surface area contributed by atoms with Crippen molar-refractivity contribution in [3.05, 3.63) is 11.6 Å². The highest BCUT2D eigenvalue weighted by atomic mass is 16.8. The third-order valence-corrected chi connectivity index (χ3v) is 16.5. The molecule has 0 unspecified atom stereocenters. The second-order valence-corrected chi connectivity index (χ2v) is 20.3. The maximum atomic E-state index is 12.2. The summed E-state index contributed by atoms with van der Waals surface area (Å²) in [5, 5.41) is 110. The average Bonchev–Trinajstić information content (AvgIpc) is 3.50. The van der Waals surface area contributed by atoms with Gasteiger partial charge >= 0.3 is 0 Å². The Balaban J connectivity index is 1.25. The fourth-order valence-corrected chi connectivity index (χ4v) is 13.5. The van der Waals surface area contributed by atoms with Crippen molar-refractivity contribution >= 4 is 0 Å². The second kappa shape index (κ2) is 15.9. The minimum Gasteiger partial charge on any atom is -0.394 e. The van der Waals surface area contributed by atoms with Crippen LogP contribution < -0.4 is 0 Å². The van der Waals surface area contributed by atoms with Gasteiger partial charge in [-0.05, 0) is 117 Å². The fourth-order valence-electron chi connectivity index (χ4n) is 13.5. The van der Waals surface area contributed by atoms with Gasteiger partial charge in [0, 0.05) is 0 Å². The predicted octanol–water partition coefficient (Wildman–Crippen LogP) is 1.12. The summed E-state index contributed by atoms with van der Waals surface area (Å²) in [6, 6.07) is 0. The maximum absolute atomic E-state index is 12.2. The van der Waals surface area contributed by atoms with Crippen LogP contribution in [-0.4, -0.2) is 150 Å². The zero-order valence-corrected chi connectivity index (χ0v) is 34.6. The first kappa shape index (κ1) is 44.7. The van der Waals surface area contributed by atoms with Crippen molar-refractivity contribution in [1.29, 1.82) is 0 Å². The lowest BCUT2D eigenvalue weighted by Gasteiger charge is -2.71. The molecule has 0 amide bonds. The third kappa shape index (κ3) is 7.16. The Hall–Kier alpha value is -0.820. The molecule has 21 atom stereocenters. The Morgan fingerprint density at radius 3 is 1.93 bits per heavy atom. The van der Waals surface area contributed by atoms with E-state index in [4.69, 9.17) is 18.9 Å². The predicted molar refractivity (Wildman–Crippen MR) is 202 cm³/mol. The van der Waals surface area contributed by atoms with Crippen LogP contribution in [0, 0.1) is 45.3 Å². The van der Waals surface area contributed by atoms with E-state index in [2.05, 4.69) is 40.7 Å². The van der Waals surface area contributed by atoms with E-state index in [0.29, 0.717) is 19.3 Å². The molecular weight excluding hydrogens is 728 g/mol. The zero-order chi connectivity index (χ0) is 41.5. The fraction of sp³-hybridized carbons (Fsp3) is 0.952. The van der Waals surface area contributed by atoms with Gasteiger partial charge in [0.15, 0.2) is 12.6 Å². The molecule has 4 aliphatic carbocycles. The Kier molecular flexibility index (Phi) is 12.7. The first-order valence-electron chi connectivity index (χ1n) is 21.0. The highest BCUT2D eigenvalue weighted by Crippen LogP contribution is 2.76. The summed E-state index contributed by atoms with van der Waals surface area (Å²) in [7, 11) is 0. The van der Waals surface area contributed by atoms with Gasteiger partial charge in [-0.15, -0.1) is 0 Å². The molecule has 2 saturated heterocycles. The largest absolute Gasteiger partial charge is 0.394 e. The SMILES string of the molecule is CC(C)=CCC[C@](C)(O)[C@@H]1CC[C@@]2(C)[C@@H]1[C@H](O)C[C@H]1[C@@]3(C)C[C@H](O)[C@@H](O[C@H]4O[C@@H](CO)[C@H](O)[C@@H](O)[C@H]4O[C@@H]4O[C@@H](CO)[C@@H](O)[C@H](O)[C@H]4O)C(C)(C)[C@H]3CC[C@@]12C. The lowest BCUT2D eigenvalue weighted by molar-refractivity contribution is -0.383. The van der Waals surface area contributed by atoms with Gasteiger partial charge in [0.05, 0.1) is 37.1 Å². The Morgan fingerprint density at radius 2 is 1.32 bits per heavy atom. The van der Waals surface area contributed by atoms with Crippen molar-refractivity contribution in [2.24, 2.45) is 45.3 Å². The van der Waals surface area contributed by atoms with Crippen molar-refractivity contribution < 1.29 is 70.0 Å². The lowest BCUT2D eigenvalue weighted by atomic mass is 9.35. The van der Waals surface area contributed by atoms with Gasteiger partial charge in [-0.3, -0.25) is 0 Å². The van der Waals surface area contributed by atoms with Crippen LogP contribution >= 0.6 is 0 Å². The van der Waals surface area contributed by atoms with Crippen LogP contribution in [0.4, 0.5) is 0 Å². The van der Waals surface area contributed by atoms with Gasteiger partial charge in [-0.2, -0.15) is 0 Å². The zero-order valence-electron chi connectivity index (χ0n) is 34.6. The number of hydrogen-bond donors (Lipinski definition) is 10. The van der Waals surface area contributed by atoms with Crippen LogP contribution in [0.2, 0.25) is 0 Å². The highest BCUT2D eigenvalue weighted by molar-refractivity contribution is 5.21. The molecule has 6 aliphatic rings. The summed E-state index contributed by atoms with van der Waals surface area (Å²) < 4.78 is 24.1. The number of fused-ring (bicyclic) bond motifs is 5. The first-order valence-corrected chi connectivity index (χ1v) is 21.0. The van der Waals surface area contributed by atoms with E-state index in [1.807, 2.05) is 20.8 Å². The van der Waals surface area contributed by atoms with E-state index >= 15 is 0 Å². The van der Waals surface area contributed by atoms with Crippen molar-refractivity contribution in [3.63, 3.8) is 0 Å². The van der Waals surface area contributed by atoms with Crippen molar-refractivity contribution in [2.75, 3.05) is 13.2 Å². The Morgan fingerprint density at radius 1 is 0.732 bits per heavy atom. The smallest absolute Gasteiger partial charge is 0.187 e. The van der Waals surface area contributed by atoms with E-state index in [1.165, 1.54) is 5.57 Å². The molecule has 0 bridgehead atoms. The number of ether oxygens (including phenoxy) is 4. The topological polar surface area (TPSA) is 239 Å². The summed E-state index contributed by atoms with van der Waals surface area (Å²) in [4.78, 5) is 0.